The zero-order chi connectivity index (χ0) is 64.4. The fourth-order valence-electron chi connectivity index (χ4n) is 13.6. The van der Waals surface area contributed by atoms with Crippen molar-refractivity contribution in [1.29, 1.82) is 0 Å². The fraction of sp³-hybridized carbons (Fsp3) is 0.250. The van der Waals surface area contributed by atoms with Crippen molar-refractivity contribution in [3.05, 3.63) is 283 Å². The van der Waals surface area contributed by atoms with E-state index < -0.39 is 0 Å². The predicted octanol–water partition coefficient (Wildman–Crippen LogP) is 21.2. The Kier molecular flexibility index (Phi) is 18.0. The molecule has 0 aliphatic rings. The lowest BCUT2D eigenvalue weighted by Crippen LogP contribution is -2.42. The van der Waals surface area contributed by atoms with Crippen molar-refractivity contribution in [3.8, 4) is 66.8 Å². The van der Waals surface area contributed by atoms with Crippen LogP contribution in [0.15, 0.2) is 255 Å². The summed E-state index contributed by atoms with van der Waals surface area (Å²) in [5.41, 5.74) is 23.3. The van der Waals surface area contributed by atoms with Gasteiger partial charge >= 0.3 is 0 Å². The fourth-order valence-corrected chi connectivity index (χ4v) is 13.6. The van der Waals surface area contributed by atoms with E-state index in [2.05, 4.69) is 349 Å². The second-order valence-electron chi connectivity index (χ2n) is 29.8. The van der Waals surface area contributed by atoms with Crippen LogP contribution >= 0.6 is 0 Å². The number of nitrogens with zero attached hydrogens (tertiary/aromatic N) is 2. The maximum atomic E-state index is 3.78. The van der Waals surface area contributed by atoms with Gasteiger partial charge in [-0.2, -0.15) is 0 Å². The lowest BCUT2D eigenvalue weighted by atomic mass is 9.80. The zero-order valence-corrected chi connectivity index (χ0v) is 56.6. The van der Waals surface area contributed by atoms with Gasteiger partial charge in [-0.15, -0.1) is 0 Å². The molecule has 0 saturated heterocycles. The van der Waals surface area contributed by atoms with E-state index in [0.29, 0.717) is 0 Å². The normalized spacial score (nSPS) is 12.5. The van der Waals surface area contributed by atoms with Gasteiger partial charge < -0.3 is 15.1 Å². The van der Waals surface area contributed by atoms with Crippen LogP contribution in [0.4, 0.5) is 5.69 Å². The van der Waals surface area contributed by atoms with Crippen LogP contribution in [0.3, 0.4) is 0 Å². The van der Waals surface area contributed by atoms with Crippen LogP contribution in [-0.2, 0) is 29.3 Å². The van der Waals surface area contributed by atoms with Gasteiger partial charge in [0.05, 0.1) is 41.8 Å². The van der Waals surface area contributed by atoms with Crippen molar-refractivity contribution in [3.63, 3.8) is 0 Å². The monoisotopic (exact) mass is 1210 g/mol. The highest BCUT2D eigenvalue weighted by Gasteiger charge is 2.28. The van der Waals surface area contributed by atoms with Gasteiger partial charge in [-0.1, -0.05) is 273 Å². The first-order valence-corrected chi connectivity index (χ1v) is 33.3. The molecule has 0 amide bonds. The third kappa shape index (κ3) is 14.2. The number of fused-ring (bicyclic) bond motifs is 3. The Morgan fingerprint density at radius 2 is 0.728 bits per heavy atom. The Labute approximate surface area is 549 Å². The van der Waals surface area contributed by atoms with Crippen LogP contribution in [0.5, 0.6) is 0 Å². The SMILES string of the molecule is CC(C)(C)c1ccc(-c2cccc3cc(-c4ccccc4CNCCNCC(C)(C)c4ccc(-c5cccc6cc(-c7ccccc7C[N+](C)(C)CCC(C)(C)c7ccc(-c8cccc9cc(-c%10cccc([N+](C)(C)C)c%10)ccc89)cc7)ccc56)cc4)ccc23)cc1. The Balaban J connectivity index is 0.643. The maximum Gasteiger partial charge on any atom is 0.132 e. The highest BCUT2D eigenvalue weighted by molar-refractivity contribution is 6.01. The molecular weight excluding hydrogens is 1110 g/mol. The summed E-state index contributed by atoms with van der Waals surface area (Å²) in [6, 6.07) is 95.8. The van der Waals surface area contributed by atoms with Crippen molar-refractivity contribution < 1.29 is 4.48 Å². The summed E-state index contributed by atoms with van der Waals surface area (Å²) in [4.78, 5) is 0. The van der Waals surface area contributed by atoms with Gasteiger partial charge in [0.15, 0.2) is 0 Å². The molecule has 0 aliphatic heterocycles. The van der Waals surface area contributed by atoms with Crippen molar-refractivity contribution in [2.45, 2.75) is 84.2 Å². The van der Waals surface area contributed by atoms with E-state index in [1.807, 2.05) is 0 Å². The third-order valence-corrected chi connectivity index (χ3v) is 19.6. The zero-order valence-electron chi connectivity index (χ0n) is 56.6. The standard InChI is InChI=1S/C88H94N4/c1-86(2,3)74-42-33-62(34-43-74)80-31-19-25-68-56-70(40-49-84(68)80)78-28-15-13-21-72(78)59-89-52-53-90-61-88(6,7)76-46-37-64(38-47-76)82-32-20-26-69-57-71(41-50-85(69)82)79-29-16-14-22-73(79)60-92(11,12)54-51-87(4,5)75-44-35-63(36-45-75)81-30-18-24-67-55-66(39-48-83(67)81)65-23-17-27-77(58-65)91(8,9)10/h13-50,55-58,89-90H,51-54,59-61H2,1-12H3/q+2. The summed E-state index contributed by atoms with van der Waals surface area (Å²) in [5, 5.41) is 15.2. The molecule has 2 N–H and O–H groups in total. The Morgan fingerprint density at radius 3 is 1.24 bits per heavy atom. The first kappa shape index (κ1) is 63.4. The first-order valence-electron chi connectivity index (χ1n) is 33.3. The Bertz CT molecular complexity index is 4570. The van der Waals surface area contributed by atoms with Crippen molar-refractivity contribution in [2.24, 2.45) is 0 Å². The molecule has 0 atom stereocenters. The van der Waals surface area contributed by atoms with Crippen LogP contribution in [0, 0.1) is 0 Å². The molecule has 0 heterocycles. The minimum atomic E-state index is -0.0416. The number of hydrogen-bond donors (Lipinski definition) is 2. The quantitative estimate of drug-likeness (QED) is 0.0553. The molecule has 0 fully saturated rings. The van der Waals surface area contributed by atoms with Crippen molar-refractivity contribution in [2.75, 3.05) is 61.4 Å². The maximum absolute atomic E-state index is 3.78. The van der Waals surface area contributed by atoms with Gasteiger partial charge in [-0.05, 0) is 156 Å². The van der Waals surface area contributed by atoms with Gasteiger partial charge in [0.2, 0.25) is 0 Å². The molecule has 0 spiro atoms. The van der Waals surface area contributed by atoms with Crippen LogP contribution in [0.1, 0.15) is 82.7 Å². The highest BCUT2D eigenvalue weighted by atomic mass is 15.3. The smallest absolute Gasteiger partial charge is 0.132 e. The first-order chi connectivity index (χ1) is 44.1. The molecule has 12 rings (SSSR count). The molecule has 92 heavy (non-hydrogen) atoms. The van der Waals surface area contributed by atoms with Gasteiger partial charge in [0.25, 0.3) is 0 Å². The lowest BCUT2D eigenvalue weighted by molar-refractivity contribution is -0.904. The van der Waals surface area contributed by atoms with Crippen LogP contribution < -0.4 is 15.1 Å². The number of benzene rings is 12. The number of hydrogen-bond acceptors (Lipinski definition) is 2. The average molecular weight is 1210 g/mol. The van der Waals surface area contributed by atoms with Crippen molar-refractivity contribution in [1.82, 2.24) is 15.1 Å². The van der Waals surface area contributed by atoms with Crippen molar-refractivity contribution >= 4 is 38.0 Å². The molecule has 0 bridgehead atoms. The average Bonchev–Trinajstić information content (AvgIpc) is 0.947. The van der Waals surface area contributed by atoms with E-state index in [4.69, 9.17) is 0 Å². The lowest BCUT2D eigenvalue weighted by Gasteiger charge is -2.35. The highest BCUT2D eigenvalue weighted by Crippen LogP contribution is 2.40. The number of nitrogens with one attached hydrogen (secondary N) is 2. The Morgan fingerprint density at radius 1 is 0.326 bits per heavy atom. The molecule has 0 saturated carbocycles. The predicted molar refractivity (Wildman–Crippen MR) is 399 cm³/mol. The Hall–Kier alpha value is -8.74. The number of rotatable bonds is 21. The summed E-state index contributed by atoms with van der Waals surface area (Å²) >= 11 is 0. The topological polar surface area (TPSA) is 24.1 Å². The van der Waals surface area contributed by atoms with E-state index in [1.54, 1.807) is 0 Å². The van der Waals surface area contributed by atoms with Gasteiger partial charge in [-0.3, -0.25) is 4.48 Å². The summed E-state index contributed by atoms with van der Waals surface area (Å²) in [6.07, 6.45) is 1.07. The van der Waals surface area contributed by atoms with E-state index >= 15 is 0 Å². The molecule has 464 valence electrons. The van der Waals surface area contributed by atoms with Gasteiger partial charge in [-0.25, -0.2) is 0 Å². The van der Waals surface area contributed by atoms with E-state index in [9.17, 15) is 0 Å². The minimum Gasteiger partial charge on any atom is -0.325 e. The largest absolute Gasteiger partial charge is 0.325 e. The molecule has 0 aromatic heterocycles. The second-order valence-corrected chi connectivity index (χ2v) is 29.8. The van der Waals surface area contributed by atoms with Crippen LogP contribution in [-0.4, -0.2) is 65.9 Å². The van der Waals surface area contributed by atoms with Gasteiger partial charge in [0.1, 0.15) is 12.2 Å². The molecule has 4 nitrogen and oxygen atoms in total. The molecule has 12 aromatic rings. The van der Waals surface area contributed by atoms with E-state index in [0.717, 1.165) is 54.7 Å². The summed E-state index contributed by atoms with van der Waals surface area (Å²) in [7, 11) is 11.5. The van der Waals surface area contributed by atoms with E-state index in [-0.39, 0.29) is 16.2 Å². The van der Waals surface area contributed by atoms with Gasteiger partial charge in [0, 0.05) is 49.6 Å². The molecule has 0 radical (unpaired) electrons. The molecule has 0 aliphatic carbocycles. The third-order valence-electron chi connectivity index (χ3n) is 19.6. The van der Waals surface area contributed by atoms with Crippen LogP contribution in [0.2, 0.25) is 0 Å². The van der Waals surface area contributed by atoms with Crippen LogP contribution in [0.25, 0.3) is 99.1 Å². The summed E-state index contributed by atoms with van der Waals surface area (Å²) in [6.45, 7) is 21.8. The summed E-state index contributed by atoms with van der Waals surface area (Å²) in [5.74, 6) is 0. The molecular formula is C88H94N4+2. The number of quaternary nitrogens is 2. The molecule has 0 unspecified atom stereocenters. The summed E-state index contributed by atoms with van der Waals surface area (Å²) < 4.78 is 1.69. The molecule has 12 aromatic carbocycles. The molecule has 4 heteroatoms. The van der Waals surface area contributed by atoms with E-state index in [1.165, 1.54) is 133 Å². The minimum absolute atomic E-state index is 0.00739. The second kappa shape index (κ2) is 26.1.